The topological polar surface area (TPSA) is 61.9 Å². The summed E-state index contributed by atoms with van der Waals surface area (Å²) in [5, 5.41) is 2.81. The van der Waals surface area contributed by atoms with Crippen LogP contribution in [0.5, 0.6) is 0 Å². The second kappa shape index (κ2) is 7.73. The highest BCUT2D eigenvalue weighted by atomic mass is 35.5. The van der Waals surface area contributed by atoms with Crippen molar-refractivity contribution in [1.82, 2.24) is 10.2 Å². The predicted octanol–water partition coefficient (Wildman–Crippen LogP) is 3.71. The molecule has 8 heteroatoms. The molecule has 0 bridgehead atoms. The first-order valence-corrected chi connectivity index (χ1v) is 10.4. The highest BCUT2D eigenvalue weighted by Gasteiger charge is 2.33. The molecular weight excluding hydrogens is 398 g/mol. The van der Waals surface area contributed by atoms with Crippen LogP contribution in [0.3, 0.4) is 0 Å². The minimum absolute atomic E-state index is 0.210. The summed E-state index contributed by atoms with van der Waals surface area (Å²) in [5.74, 6) is 0.207. The molecule has 3 heterocycles. The van der Waals surface area contributed by atoms with Crippen molar-refractivity contribution < 1.29 is 14.3 Å². The highest BCUT2D eigenvalue weighted by molar-refractivity contribution is 7.17. The van der Waals surface area contributed by atoms with Gasteiger partial charge >= 0.3 is 6.09 Å². The summed E-state index contributed by atoms with van der Waals surface area (Å²) in [7, 11) is 2.12. The lowest BCUT2D eigenvalue weighted by molar-refractivity contribution is 0.0920. The summed E-state index contributed by atoms with van der Waals surface area (Å²) in [6.07, 6.45) is -0.759. The zero-order chi connectivity index (χ0) is 19.8. The number of benzene rings is 1. The van der Waals surface area contributed by atoms with E-state index < -0.39 is 0 Å². The minimum Gasteiger partial charge on any atom is -0.442 e. The van der Waals surface area contributed by atoms with Crippen molar-refractivity contribution in [2.45, 2.75) is 25.5 Å². The van der Waals surface area contributed by atoms with E-state index in [1.807, 2.05) is 6.07 Å². The Morgan fingerprint density at radius 1 is 1.32 bits per heavy atom. The Morgan fingerprint density at radius 2 is 2.14 bits per heavy atom. The van der Waals surface area contributed by atoms with Crippen molar-refractivity contribution in [3.63, 3.8) is 0 Å². The molecule has 0 spiro atoms. The van der Waals surface area contributed by atoms with Gasteiger partial charge in [-0.05, 0) is 48.4 Å². The third kappa shape index (κ3) is 3.87. The van der Waals surface area contributed by atoms with Gasteiger partial charge in [-0.2, -0.15) is 0 Å². The summed E-state index contributed by atoms with van der Waals surface area (Å²) in [6.45, 7) is 4.81. The van der Waals surface area contributed by atoms with Crippen LogP contribution in [0.4, 0.5) is 10.5 Å². The van der Waals surface area contributed by atoms with Crippen LogP contribution >= 0.6 is 22.9 Å². The van der Waals surface area contributed by atoms with Crippen LogP contribution in [0, 0.1) is 0 Å². The van der Waals surface area contributed by atoms with Gasteiger partial charge in [0.15, 0.2) is 0 Å². The van der Waals surface area contributed by atoms with Crippen molar-refractivity contribution >= 4 is 40.6 Å². The number of thiophene rings is 1. The molecule has 1 aromatic carbocycles. The maximum absolute atomic E-state index is 12.4. The fraction of sp³-hybridized carbons (Fsp3) is 0.400. The number of ether oxygens (including phenoxy) is 1. The third-order valence-corrected chi connectivity index (χ3v) is 6.39. The quantitative estimate of drug-likeness (QED) is 0.820. The molecule has 2 aromatic rings. The number of halogens is 1. The Kier molecular flexibility index (Phi) is 5.31. The van der Waals surface area contributed by atoms with Crippen LogP contribution in [0.1, 0.15) is 33.6 Å². The molecule has 0 aliphatic carbocycles. The van der Waals surface area contributed by atoms with Crippen molar-refractivity contribution in [2.24, 2.45) is 0 Å². The molecule has 1 saturated heterocycles. The lowest BCUT2D eigenvalue weighted by Gasteiger charge is -2.31. The van der Waals surface area contributed by atoms with Crippen LogP contribution in [0.2, 0.25) is 4.34 Å². The lowest BCUT2D eigenvalue weighted by Crippen LogP contribution is -2.34. The average Bonchev–Trinajstić information content (AvgIpc) is 3.25. The normalized spacial score (nSPS) is 22.1. The summed E-state index contributed by atoms with van der Waals surface area (Å²) >= 11 is 7.09. The Bertz CT molecular complexity index is 916. The molecule has 1 unspecified atom stereocenters. The number of hydrogen-bond donors (Lipinski definition) is 1. The van der Waals surface area contributed by atoms with Crippen molar-refractivity contribution in [3.8, 4) is 0 Å². The fourth-order valence-corrected chi connectivity index (χ4v) is 4.80. The predicted molar refractivity (Wildman–Crippen MR) is 110 cm³/mol. The maximum atomic E-state index is 12.4. The minimum atomic E-state index is -0.383. The second-order valence-electron chi connectivity index (χ2n) is 7.41. The molecule has 0 saturated carbocycles. The van der Waals surface area contributed by atoms with Gasteiger partial charge in [-0.3, -0.25) is 9.69 Å². The highest BCUT2D eigenvalue weighted by Crippen LogP contribution is 2.32. The van der Waals surface area contributed by atoms with Crippen molar-refractivity contribution in [3.05, 3.63) is 50.7 Å². The number of anilines is 1. The number of nitrogens with one attached hydrogen (secondary N) is 1. The van der Waals surface area contributed by atoms with E-state index in [-0.39, 0.29) is 24.6 Å². The van der Waals surface area contributed by atoms with E-state index in [1.165, 1.54) is 22.5 Å². The third-order valence-electron chi connectivity index (χ3n) is 5.16. The number of likely N-dealkylation sites (N-methyl/N-ethyl adjacent to an activating group) is 1. The second-order valence-corrected chi connectivity index (χ2v) is 9.13. The SMILES string of the molecule is CC1CN(C)Cc2ccc(N3C[C@H](CNC(=O)c4ccc(Cl)s4)OC3=O)cc21. The number of cyclic esters (lactones) is 1. The Labute approximate surface area is 173 Å². The standard InChI is InChI=1S/C20H22ClN3O3S/c1-12-9-23(2)10-13-3-4-14(7-16(12)13)24-11-15(27-20(24)26)8-22-19(25)17-5-6-18(21)28-17/h3-7,12,15H,8-11H2,1-2H3,(H,22,25)/t12?,15-/m0/s1. The number of carbonyl (C=O) groups excluding carboxylic acids is 2. The molecule has 28 heavy (non-hydrogen) atoms. The van der Waals surface area contributed by atoms with Gasteiger partial charge in [-0.15, -0.1) is 11.3 Å². The van der Waals surface area contributed by atoms with Gasteiger partial charge in [0.2, 0.25) is 0 Å². The summed E-state index contributed by atoms with van der Waals surface area (Å²) in [5.41, 5.74) is 3.43. The summed E-state index contributed by atoms with van der Waals surface area (Å²) in [4.78, 5) is 29.0. The van der Waals surface area contributed by atoms with Gasteiger partial charge in [0.1, 0.15) is 6.10 Å². The molecule has 2 atom stereocenters. The molecule has 1 aromatic heterocycles. The van der Waals surface area contributed by atoms with Gasteiger partial charge in [0.05, 0.1) is 22.3 Å². The van der Waals surface area contributed by atoms with Crippen LogP contribution in [0.25, 0.3) is 0 Å². The van der Waals surface area contributed by atoms with Gasteiger partial charge in [-0.25, -0.2) is 4.79 Å². The molecule has 6 nitrogen and oxygen atoms in total. The van der Waals surface area contributed by atoms with E-state index in [0.29, 0.717) is 21.7 Å². The van der Waals surface area contributed by atoms with E-state index in [4.69, 9.17) is 16.3 Å². The summed E-state index contributed by atoms with van der Waals surface area (Å²) < 4.78 is 6.02. The van der Waals surface area contributed by atoms with E-state index in [9.17, 15) is 9.59 Å². The molecule has 2 aliphatic rings. The largest absolute Gasteiger partial charge is 0.442 e. The van der Waals surface area contributed by atoms with E-state index in [0.717, 1.165) is 18.8 Å². The Hall–Kier alpha value is -2.09. The number of nitrogens with zero attached hydrogens (tertiary/aromatic N) is 2. The zero-order valence-electron chi connectivity index (χ0n) is 15.8. The van der Waals surface area contributed by atoms with E-state index in [2.05, 4.69) is 36.3 Å². The van der Waals surface area contributed by atoms with E-state index >= 15 is 0 Å². The number of carbonyl (C=O) groups is 2. The molecule has 1 N–H and O–H groups in total. The number of hydrogen-bond acceptors (Lipinski definition) is 5. The van der Waals surface area contributed by atoms with Gasteiger partial charge in [-0.1, -0.05) is 24.6 Å². The Balaban J connectivity index is 1.41. The molecule has 2 amide bonds. The number of fused-ring (bicyclic) bond motifs is 1. The lowest BCUT2D eigenvalue weighted by atomic mass is 9.91. The number of amides is 2. The summed E-state index contributed by atoms with van der Waals surface area (Å²) in [6, 6.07) is 9.54. The molecule has 1 fully saturated rings. The first kappa shape index (κ1) is 19.2. The molecule has 4 rings (SSSR count). The molecule has 2 aliphatic heterocycles. The first-order valence-electron chi connectivity index (χ1n) is 9.24. The van der Waals surface area contributed by atoms with Crippen LogP contribution < -0.4 is 10.2 Å². The molecule has 148 valence electrons. The van der Waals surface area contributed by atoms with Crippen LogP contribution in [0.15, 0.2) is 30.3 Å². The smallest absolute Gasteiger partial charge is 0.414 e. The maximum Gasteiger partial charge on any atom is 0.414 e. The fourth-order valence-electron chi connectivity index (χ4n) is 3.84. The molecular formula is C20H22ClN3O3S. The van der Waals surface area contributed by atoms with Crippen LogP contribution in [-0.4, -0.2) is 49.7 Å². The first-order chi connectivity index (χ1) is 13.4. The monoisotopic (exact) mass is 419 g/mol. The van der Waals surface area contributed by atoms with E-state index in [1.54, 1.807) is 17.0 Å². The van der Waals surface area contributed by atoms with Crippen molar-refractivity contribution in [2.75, 3.05) is 31.6 Å². The zero-order valence-corrected chi connectivity index (χ0v) is 17.3. The van der Waals surface area contributed by atoms with Gasteiger partial charge < -0.3 is 15.0 Å². The van der Waals surface area contributed by atoms with Crippen molar-refractivity contribution in [1.29, 1.82) is 0 Å². The van der Waals surface area contributed by atoms with Gasteiger partial charge in [0, 0.05) is 18.8 Å². The average molecular weight is 420 g/mol. The number of rotatable bonds is 4. The van der Waals surface area contributed by atoms with Gasteiger partial charge in [0.25, 0.3) is 5.91 Å². The van der Waals surface area contributed by atoms with Crippen LogP contribution in [-0.2, 0) is 11.3 Å². The Morgan fingerprint density at radius 3 is 2.89 bits per heavy atom. The molecule has 0 radical (unpaired) electrons.